The number of rotatable bonds is 3. The van der Waals surface area contributed by atoms with E-state index < -0.39 is 0 Å². The number of halogens is 1. The summed E-state index contributed by atoms with van der Waals surface area (Å²) in [6.45, 7) is 11.2. The van der Waals surface area contributed by atoms with Gasteiger partial charge in [-0.1, -0.05) is 13.8 Å². The summed E-state index contributed by atoms with van der Waals surface area (Å²) in [4.78, 5) is 2.42. The third-order valence-corrected chi connectivity index (χ3v) is 1.54. The molecule has 0 aromatic carbocycles. The minimum absolute atomic E-state index is 0. The minimum atomic E-state index is 0. The molecular formula is C7H18FN. The van der Waals surface area contributed by atoms with Crippen molar-refractivity contribution in [2.75, 3.05) is 13.1 Å². The van der Waals surface area contributed by atoms with Gasteiger partial charge in [0.25, 0.3) is 0 Å². The van der Waals surface area contributed by atoms with Gasteiger partial charge in [-0.25, -0.2) is 0 Å². The van der Waals surface area contributed by atoms with E-state index in [0.29, 0.717) is 6.04 Å². The average Bonchev–Trinajstić information content (AvgIpc) is 1.69. The first-order chi connectivity index (χ1) is 3.72. The Kier molecular flexibility index (Phi) is 7.79. The highest BCUT2D eigenvalue weighted by Crippen LogP contribution is 1.94. The van der Waals surface area contributed by atoms with Crippen LogP contribution in [0.4, 0.5) is 4.70 Å². The molecule has 0 aromatic heterocycles. The third-order valence-electron chi connectivity index (χ3n) is 1.54. The SMILES string of the molecule is CCN(CC)C(C)C.F. The molecule has 0 aromatic rings. The molecule has 0 unspecified atom stereocenters. The first-order valence-corrected chi connectivity index (χ1v) is 3.46. The average molecular weight is 135 g/mol. The van der Waals surface area contributed by atoms with Crippen molar-refractivity contribution in [1.29, 1.82) is 0 Å². The van der Waals surface area contributed by atoms with E-state index in [9.17, 15) is 0 Å². The number of nitrogens with zero attached hydrogens (tertiary/aromatic N) is 1. The summed E-state index contributed by atoms with van der Waals surface area (Å²) in [5.74, 6) is 0. The van der Waals surface area contributed by atoms with Gasteiger partial charge in [0.1, 0.15) is 0 Å². The zero-order valence-corrected chi connectivity index (χ0v) is 6.85. The largest absolute Gasteiger partial charge is 0.301 e. The fourth-order valence-corrected chi connectivity index (χ4v) is 0.954. The molecule has 0 aliphatic carbocycles. The molecule has 2 heteroatoms. The van der Waals surface area contributed by atoms with Crippen molar-refractivity contribution in [3.63, 3.8) is 0 Å². The summed E-state index contributed by atoms with van der Waals surface area (Å²) in [7, 11) is 0. The second-order valence-corrected chi connectivity index (χ2v) is 2.31. The molecule has 0 amide bonds. The quantitative estimate of drug-likeness (QED) is 0.571. The monoisotopic (exact) mass is 135 g/mol. The van der Waals surface area contributed by atoms with Gasteiger partial charge in [-0.2, -0.15) is 0 Å². The second-order valence-electron chi connectivity index (χ2n) is 2.31. The molecule has 0 radical (unpaired) electrons. The van der Waals surface area contributed by atoms with Crippen molar-refractivity contribution < 1.29 is 4.70 Å². The van der Waals surface area contributed by atoms with E-state index in [0.717, 1.165) is 0 Å². The predicted octanol–water partition coefficient (Wildman–Crippen LogP) is 1.89. The fraction of sp³-hybridized carbons (Fsp3) is 1.00. The summed E-state index contributed by atoms with van der Waals surface area (Å²) in [5, 5.41) is 0. The van der Waals surface area contributed by atoms with Crippen LogP contribution in [0.25, 0.3) is 0 Å². The first-order valence-electron chi connectivity index (χ1n) is 3.46. The van der Waals surface area contributed by atoms with Gasteiger partial charge in [-0.15, -0.1) is 0 Å². The van der Waals surface area contributed by atoms with E-state index in [4.69, 9.17) is 0 Å². The van der Waals surface area contributed by atoms with Gasteiger partial charge >= 0.3 is 0 Å². The van der Waals surface area contributed by atoms with Crippen LogP contribution in [0.5, 0.6) is 0 Å². The van der Waals surface area contributed by atoms with E-state index in [1.165, 1.54) is 13.1 Å². The summed E-state index contributed by atoms with van der Waals surface area (Å²) in [6, 6.07) is 0.713. The van der Waals surface area contributed by atoms with Crippen molar-refractivity contribution in [2.24, 2.45) is 0 Å². The van der Waals surface area contributed by atoms with Crippen molar-refractivity contribution in [1.82, 2.24) is 4.90 Å². The van der Waals surface area contributed by atoms with E-state index in [-0.39, 0.29) is 4.70 Å². The van der Waals surface area contributed by atoms with Crippen LogP contribution in [0.3, 0.4) is 0 Å². The number of hydrogen-bond donors (Lipinski definition) is 0. The highest BCUT2D eigenvalue weighted by Gasteiger charge is 2.00. The van der Waals surface area contributed by atoms with E-state index in [1.54, 1.807) is 0 Å². The molecule has 0 aliphatic rings. The van der Waals surface area contributed by atoms with Crippen molar-refractivity contribution in [2.45, 2.75) is 33.7 Å². The molecule has 0 atom stereocenters. The Labute approximate surface area is 57.4 Å². The molecule has 9 heavy (non-hydrogen) atoms. The van der Waals surface area contributed by atoms with Gasteiger partial charge in [0.05, 0.1) is 0 Å². The summed E-state index contributed by atoms with van der Waals surface area (Å²) >= 11 is 0. The molecule has 0 bridgehead atoms. The van der Waals surface area contributed by atoms with E-state index >= 15 is 0 Å². The van der Waals surface area contributed by atoms with Gasteiger partial charge < -0.3 is 4.90 Å². The zero-order valence-electron chi connectivity index (χ0n) is 6.85. The molecular weight excluding hydrogens is 117 g/mol. The van der Waals surface area contributed by atoms with Crippen LogP contribution in [0.1, 0.15) is 27.7 Å². The lowest BCUT2D eigenvalue weighted by Gasteiger charge is -2.21. The first kappa shape index (κ1) is 11.7. The lowest BCUT2D eigenvalue weighted by Crippen LogP contribution is -2.29. The Morgan fingerprint density at radius 3 is 1.44 bits per heavy atom. The Hall–Kier alpha value is -0.110. The standard InChI is InChI=1S/C7H17N.FH/c1-5-8(6-2)7(3)4;/h7H,5-6H2,1-4H3;1H. The summed E-state index contributed by atoms with van der Waals surface area (Å²) in [6.07, 6.45) is 0. The molecule has 0 heterocycles. The van der Waals surface area contributed by atoms with Gasteiger partial charge in [0.2, 0.25) is 0 Å². The lowest BCUT2D eigenvalue weighted by molar-refractivity contribution is 0.246. The van der Waals surface area contributed by atoms with Gasteiger partial charge in [-0.3, -0.25) is 4.70 Å². The zero-order chi connectivity index (χ0) is 6.57. The van der Waals surface area contributed by atoms with Crippen LogP contribution >= 0.6 is 0 Å². The Morgan fingerprint density at radius 1 is 1.11 bits per heavy atom. The maximum atomic E-state index is 2.42. The molecule has 0 saturated heterocycles. The highest BCUT2D eigenvalue weighted by atomic mass is 19.0. The van der Waals surface area contributed by atoms with Crippen molar-refractivity contribution in [3.8, 4) is 0 Å². The summed E-state index contributed by atoms with van der Waals surface area (Å²) < 4.78 is 0. The lowest BCUT2D eigenvalue weighted by atomic mass is 10.3. The third kappa shape index (κ3) is 4.40. The number of hydrogen-bond acceptors (Lipinski definition) is 1. The van der Waals surface area contributed by atoms with Gasteiger partial charge in [-0.05, 0) is 26.9 Å². The molecule has 0 aliphatic heterocycles. The molecule has 0 N–H and O–H groups in total. The van der Waals surface area contributed by atoms with Crippen molar-refractivity contribution in [3.05, 3.63) is 0 Å². The molecule has 0 rings (SSSR count). The Balaban J connectivity index is 0. The molecule has 0 fully saturated rings. The van der Waals surface area contributed by atoms with E-state index in [2.05, 4.69) is 32.6 Å². The minimum Gasteiger partial charge on any atom is -0.301 e. The van der Waals surface area contributed by atoms with Gasteiger partial charge in [0.15, 0.2) is 0 Å². The molecule has 0 spiro atoms. The maximum absolute atomic E-state index is 2.42. The Morgan fingerprint density at radius 2 is 1.44 bits per heavy atom. The second kappa shape index (κ2) is 6.02. The molecule has 1 nitrogen and oxygen atoms in total. The maximum Gasteiger partial charge on any atom is 0.00383 e. The predicted molar refractivity (Wildman–Crippen MR) is 40.6 cm³/mol. The normalized spacial score (nSPS) is 10.0. The smallest absolute Gasteiger partial charge is 0.00383 e. The van der Waals surface area contributed by atoms with Crippen LogP contribution < -0.4 is 0 Å². The highest BCUT2D eigenvalue weighted by molar-refractivity contribution is 4.56. The van der Waals surface area contributed by atoms with Crippen LogP contribution in [0.15, 0.2) is 0 Å². The Bertz CT molecular complexity index is 50.9. The van der Waals surface area contributed by atoms with E-state index in [1.807, 2.05) is 0 Å². The molecule has 0 saturated carbocycles. The fourth-order valence-electron chi connectivity index (χ4n) is 0.954. The summed E-state index contributed by atoms with van der Waals surface area (Å²) in [5.41, 5.74) is 0. The van der Waals surface area contributed by atoms with Crippen LogP contribution in [-0.2, 0) is 0 Å². The van der Waals surface area contributed by atoms with Crippen molar-refractivity contribution >= 4 is 0 Å². The van der Waals surface area contributed by atoms with Crippen LogP contribution in [-0.4, -0.2) is 24.0 Å². The van der Waals surface area contributed by atoms with Crippen LogP contribution in [0, 0.1) is 0 Å². The van der Waals surface area contributed by atoms with Crippen LogP contribution in [0.2, 0.25) is 0 Å². The molecule has 58 valence electrons. The topological polar surface area (TPSA) is 3.24 Å². The van der Waals surface area contributed by atoms with Gasteiger partial charge in [0, 0.05) is 6.04 Å².